The maximum Gasteiger partial charge on any atom is 0.122 e. The van der Waals surface area contributed by atoms with Gasteiger partial charge in [-0.2, -0.15) is 0 Å². The second-order valence-electron chi connectivity index (χ2n) is 6.94. The number of nitrogens with zero attached hydrogens (tertiary/aromatic N) is 2. The molecule has 1 heterocycles. The Morgan fingerprint density at radius 3 is 2.36 bits per heavy atom. The maximum atomic E-state index is 6.08. The number of rotatable bonds is 8. The first-order valence-corrected chi connectivity index (χ1v) is 9.47. The monoisotopic (exact) mass is 338 g/mol. The number of para-hydroxylation sites is 1. The number of benzene rings is 2. The van der Waals surface area contributed by atoms with Crippen LogP contribution in [-0.2, 0) is 12.8 Å². The highest BCUT2D eigenvalue weighted by atomic mass is 16.5. The van der Waals surface area contributed by atoms with Crippen LogP contribution in [0.25, 0.3) is 0 Å². The SMILES string of the molecule is CN1CCN(CCCc2ccccc2OCCc2ccccc2)CC1. The van der Waals surface area contributed by atoms with Crippen LogP contribution >= 0.6 is 0 Å². The van der Waals surface area contributed by atoms with E-state index in [4.69, 9.17) is 4.74 Å². The van der Waals surface area contributed by atoms with Gasteiger partial charge in [0.25, 0.3) is 0 Å². The van der Waals surface area contributed by atoms with Crippen LogP contribution in [0.5, 0.6) is 5.75 Å². The molecule has 3 rings (SSSR count). The van der Waals surface area contributed by atoms with Crippen molar-refractivity contribution >= 4 is 0 Å². The van der Waals surface area contributed by atoms with Crippen LogP contribution < -0.4 is 4.74 Å². The van der Waals surface area contributed by atoms with Crippen LogP contribution in [0.1, 0.15) is 17.5 Å². The fraction of sp³-hybridized carbons (Fsp3) is 0.455. The molecule has 134 valence electrons. The van der Waals surface area contributed by atoms with Crippen molar-refractivity contribution in [3.63, 3.8) is 0 Å². The fourth-order valence-corrected chi connectivity index (χ4v) is 3.34. The lowest BCUT2D eigenvalue weighted by Gasteiger charge is -2.32. The molecule has 0 atom stereocenters. The smallest absolute Gasteiger partial charge is 0.122 e. The molecule has 0 N–H and O–H groups in total. The van der Waals surface area contributed by atoms with Crippen molar-refractivity contribution in [2.75, 3.05) is 46.4 Å². The molecule has 1 aliphatic heterocycles. The van der Waals surface area contributed by atoms with E-state index in [2.05, 4.69) is 71.4 Å². The Bertz CT molecular complexity index is 621. The van der Waals surface area contributed by atoms with E-state index < -0.39 is 0 Å². The Kier molecular flexibility index (Phi) is 6.89. The number of hydrogen-bond donors (Lipinski definition) is 0. The zero-order chi connectivity index (χ0) is 17.3. The molecule has 0 unspecified atom stereocenters. The number of ether oxygens (including phenoxy) is 1. The summed E-state index contributed by atoms with van der Waals surface area (Å²) in [5, 5.41) is 0. The summed E-state index contributed by atoms with van der Waals surface area (Å²) in [5.41, 5.74) is 2.67. The van der Waals surface area contributed by atoms with Crippen molar-refractivity contribution in [1.29, 1.82) is 0 Å². The average molecular weight is 338 g/mol. The van der Waals surface area contributed by atoms with Crippen molar-refractivity contribution in [2.45, 2.75) is 19.3 Å². The molecule has 0 spiro atoms. The van der Waals surface area contributed by atoms with Crippen molar-refractivity contribution in [2.24, 2.45) is 0 Å². The molecule has 0 bridgehead atoms. The summed E-state index contributed by atoms with van der Waals surface area (Å²) in [6, 6.07) is 19.1. The topological polar surface area (TPSA) is 15.7 Å². The minimum absolute atomic E-state index is 0.736. The van der Waals surface area contributed by atoms with E-state index in [1.165, 1.54) is 50.3 Å². The van der Waals surface area contributed by atoms with Crippen molar-refractivity contribution in [3.05, 3.63) is 65.7 Å². The largest absolute Gasteiger partial charge is 0.493 e. The van der Waals surface area contributed by atoms with Gasteiger partial charge in [0.2, 0.25) is 0 Å². The molecule has 1 aliphatic rings. The van der Waals surface area contributed by atoms with Gasteiger partial charge in [-0.3, -0.25) is 0 Å². The highest BCUT2D eigenvalue weighted by Gasteiger charge is 2.13. The minimum atomic E-state index is 0.736. The zero-order valence-corrected chi connectivity index (χ0v) is 15.4. The van der Waals surface area contributed by atoms with Gasteiger partial charge in [0.1, 0.15) is 5.75 Å². The van der Waals surface area contributed by atoms with Gasteiger partial charge in [-0.1, -0.05) is 48.5 Å². The van der Waals surface area contributed by atoms with E-state index in [9.17, 15) is 0 Å². The van der Waals surface area contributed by atoms with Gasteiger partial charge in [-0.05, 0) is 43.6 Å². The third-order valence-electron chi connectivity index (χ3n) is 4.98. The standard InChI is InChI=1S/C22H30N2O/c1-23-15-17-24(18-16-23)14-7-11-21-10-5-6-12-22(21)25-19-13-20-8-3-2-4-9-20/h2-6,8-10,12H,7,11,13-19H2,1H3. The lowest BCUT2D eigenvalue weighted by Crippen LogP contribution is -2.44. The lowest BCUT2D eigenvalue weighted by atomic mass is 10.1. The first kappa shape index (κ1) is 18.0. The van der Waals surface area contributed by atoms with Crippen LogP contribution in [0.3, 0.4) is 0 Å². The first-order chi connectivity index (χ1) is 12.3. The average Bonchev–Trinajstić information content (AvgIpc) is 2.65. The van der Waals surface area contributed by atoms with Crippen molar-refractivity contribution < 1.29 is 4.74 Å². The molecule has 25 heavy (non-hydrogen) atoms. The zero-order valence-electron chi connectivity index (χ0n) is 15.4. The van der Waals surface area contributed by atoms with Gasteiger partial charge in [-0.15, -0.1) is 0 Å². The van der Waals surface area contributed by atoms with E-state index in [-0.39, 0.29) is 0 Å². The first-order valence-electron chi connectivity index (χ1n) is 9.47. The third kappa shape index (κ3) is 5.87. The Hall–Kier alpha value is -1.84. The second-order valence-corrected chi connectivity index (χ2v) is 6.94. The lowest BCUT2D eigenvalue weighted by molar-refractivity contribution is 0.153. The molecule has 1 saturated heterocycles. The van der Waals surface area contributed by atoms with Crippen LogP contribution in [0.15, 0.2) is 54.6 Å². The number of piperazine rings is 1. The van der Waals surface area contributed by atoms with Gasteiger partial charge in [0.05, 0.1) is 6.61 Å². The molecule has 2 aromatic rings. The van der Waals surface area contributed by atoms with E-state index >= 15 is 0 Å². The summed E-state index contributed by atoms with van der Waals surface area (Å²) in [4.78, 5) is 4.99. The van der Waals surface area contributed by atoms with Crippen LogP contribution in [-0.4, -0.2) is 56.2 Å². The predicted molar refractivity (Wildman–Crippen MR) is 104 cm³/mol. The molecule has 0 aromatic heterocycles. The molecule has 3 heteroatoms. The Balaban J connectivity index is 1.44. The molecular formula is C22H30N2O. The van der Waals surface area contributed by atoms with E-state index in [1.54, 1.807) is 0 Å². The minimum Gasteiger partial charge on any atom is -0.493 e. The number of hydrogen-bond acceptors (Lipinski definition) is 3. The summed E-state index contributed by atoms with van der Waals surface area (Å²) in [6.45, 7) is 6.71. The van der Waals surface area contributed by atoms with Gasteiger partial charge >= 0.3 is 0 Å². The Morgan fingerprint density at radius 1 is 0.840 bits per heavy atom. The summed E-state index contributed by atoms with van der Waals surface area (Å²) >= 11 is 0. The summed E-state index contributed by atoms with van der Waals surface area (Å²) < 4.78 is 6.08. The van der Waals surface area contributed by atoms with Gasteiger partial charge in [0.15, 0.2) is 0 Å². The van der Waals surface area contributed by atoms with Crippen LogP contribution in [0.2, 0.25) is 0 Å². The molecule has 2 aromatic carbocycles. The quantitative estimate of drug-likeness (QED) is 0.733. The van der Waals surface area contributed by atoms with Gasteiger partial charge in [-0.25, -0.2) is 0 Å². The maximum absolute atomic E-state index is 6.08. The Labute approximate surface area is 152 Å². The third-order valence-corrected chi connectivity index (χ3v) is 4.98. The van der Waals surface area contributed by atoms with Crippen LogP contribution in [0, 0.1) is 0 Å². The molecule has 0 saturated carbocycles. The molecular weight excluding hydrogens is 308 g/mol. The van der Waals surface area contributed by atoms with Gasteiger partial charge < -0.3 is 14.5 Å². The predicted octanol–water partition coefficient (Wildman–Crippen LogP) is 3.49. The summed E-state index contributed by atoms with van der Waals surface area (Å²) in [7, 11) is 2.21. The van der Waals surface area contributed by atoms with Crippen molar-refractivity contribution in [3.8, 4) is 5.75 Å². The molecule has 3 nitrogen and oxygen atoms in total. The molecule has 0 amide bonds. The summed E-state index contributed by atoms with van der Waals surface area (Å²) in [6.07, 6.45) is 3.24. The van der Waals surface area contributed by atoms with E-state index in [1.807, 2.05) is 0 Å². The number of likely N-dealkylation sites (N-methyl/N-ethyl adjacent to an activating group) is 1. The van der Waals surface area contributed by atoms with Crippen LogP contribution in [0.4, 0.5) is 0 Å². The normalized spacial score (nSPS) is 16.0. The van der Waals surface area contributed by atoms with E-state index in [0.717, 1.165) is 25.2 Å². The fourth-order valence-electron chi connectivity index (χ4n) is 3.34. The highest BCUT2D eigenvalue weighted by Crippen LogP contribution is 2.20. The second kappa shape index (κ2) is 9.59. The summed E-state index contributed by atoms with van der Waals surface area (Å²) in [5.74, 6) is 1.05. The Morgan fingerprint density at radius 2 is 1.56 bits per heavy atom. The molecule has 1 fully saturated rings. The molecule has 0 aliphatic carbocycles. The molecule has 0 radical (unpaired) electrons. The van der Waals surface area contributed by atoms with Crippen molar-refractivity contribution in [1.82, 2.24) is 9.80 Å². The van der Waals surface area contributed by atoms with E-state index in [0.29, 0.717) is 0 Å². The highest BCUT2D eigenvalue weighted by molar-refractivity contribution is 5.33. The van der Waals surface area contributed by atoms with Gasteiger partial charge in [0, 0.05) is 32.6 Å². The number of aryl methyl sites for hydroxylation is 1.